The van der Waals surface area contributed by atoms with Gasteiger partial charge in [0.1, 0.15) is 28.5 Å². The lowest BCUT2D eigenvalue weighted by Crippen LogP contribution is -2.31. The van der Waals surface area contributed by atoms with Gasteiger partial charge in [-0.25, -0.2) is 0 Å². The number of amides is 2. The van der Waals surface area contributed by atoms with Crippen molar-refractivity contribution < 1.29 is 23.8 Å². The van der Waals surface area contributed by atoms with Crippen molar-refractivity contribution in [2.24, 2.45) is 4.99 Å². The Hall–Kier alpha value is -4.91. The summed E-state index contributed by atoms with van der Waals surface area (Å²) in [5.74, 6) is 2.72. The Balaban J connectivity index is 0.972. The number of alkyl halides is 1. The molecule has 0 aliphatic carbocycles. The lowest BCUT2D eigenvalue weighted by atomic mass is 9.99. The Labute approximate surface area is 321 Å². The van der Waals surface area contributed by atoms with E-state index < -0.39 is 6.04 Å². The summed E-state index contributed by atoms with van der Waals surface area (Å²) in [7, 11) is 0. The van der Waals surface area contributed by atoms with Crippen LogP contribution in [-0.2, 0) is 16.1 Å². The average molecular weight is 774 g/mol. The molecule has 2 aliphatic heterocycles. The van der Waals surface area contributed by atoms with E-state index in [1.807, 2.05) is 66.1 Å². The third-order valence-corrected chi connectivity index (χ3v) is 10.9. The molecule has 2 aliphatic rings. The van der Waals surface area contributed by atoms with E-state index in [0.29, 0.717) is 59.8 Å². The summed E-state index contributed by atoms with van der Waals surface area (Å²) in [5, 5.41) is 13.6. The summed E-state index contributed by atoms with van der Waals surface area (Å²) in [6.07, 6.45) is 1.53. The highest BCUT2D eigenvalue weighted by molar-refractivity contribution is 7.15. The van der Waals surface area contributed by atoms with E-state index in [-0.39, 0.29) is 37.5 Å². The van der Waals surface area contributed by atoms with Crippen LogP contribution in [0.2, 0.25) is 5.02 Å². The normalized spacial score (nSPS) is 14.2. The Kier molecular flexibility index (Phi) is 11.0. The number of hydrogen-bond donors (Lipinski definition) is 1. The van der Waals surface area contributed by atoms with Crippen LogP contribution in [-0.4, -0.2) is 58.1 Å². The molecule has 2 aromatic heterocycles. The van der Waals surface area contributed by atoms with Gasteiger partial charge in [-0.2, -0.15) is 0 Å². The van der Waals surface area contributed by atoms with Gasteiger partial charge in [0.15, 0.2) is 17.3 Å². The van der Waals surface area contributed by atoms with Gasteiger partial charge in [0.2, 0.25) is 18.6 Å². The highest BCUT2D eigenvalue weighted by atomic mass is 35.5. The first-order valence-electron chi connectivity index (χ1n) is 17.3. The van der Waals surface area contributed by atoms with Crippen LogP contribution in [0.1, 0.15) is 64.1 Å². The van der Waals surface area contributed by atoms with Crippen LogP contribution in [0.25, 0.3) is 5.00 Å². The van der Waals surface area contributed by atoms with Gasteiger partial charge in [-0.05, 0) is 69.5 Å². The van der Waals surface area contributed by atoms with Crippen LogP contribution in [0.5, 0.6) is 17.2 Å². The third-order valence-electron chi connectivity index (χ3n) is 9.27. The molecule has 1 atom stereocenters. The quantitative estimate of drug-likeness (QED) is 0.0964. The van der Waals surface area contributed by atoms with Gasteiger partial charge < -0.3 is 24.4 Å². The predicted molar refractivity (Wildman–Crippen MR) is 207 cm³/mol. The van der Waals surface area contributed by atoms with Crippen molar-refractivity contribution >= 4 is 57.8 Å². The van der Waals surface area contributed by atoms with E-state index in [2.05, 4.69) is 29.4 Å². The van der Waals surface area contributed by atoms with Gasteiger partial charge in [-0.15, -0.1) is 33.1 Å². The van der Waals surface area contributed by atoms with Crippen LogP contribution < -0.4 is 24.4 Å². The Morgan fingerprint density at radius 3 is 2.62 bits per heavy atom. The maximum absolute atomic E-state index is 13.4. The first-order chi connectivity index (χ1) is 25.7. The first kappa shape index (κ1) is 36.4. The minimum absolute atomic E-state index is 0.118. The van der Waals surface area contributed by atoms with Crippen molar-refractivity contribution in [1.82, 2.24) is 20.1 Å². The number of unbranched alkanes of at least 4 members (excludes halogenated alkanes) is 1. The van der Waals surface area contributed by atoms with Crippen LogP contribution in [0.15, 0.2) is 71.7 Å². The van der Waals surface area contributed by atoms with E-state index in [0.717, 1.165) is 38.8 Å². The fourth-order valence-electron chi connectivity index (χ4n) is 6.41. The number of nitrogens with zero attached hydrogens (tertiary/aromatic N) is 5. The molecule has 0 unspecified atom stereocenters. The lowest BCUT2D eigenvalue weighted by Gasteiger charge is -2.23. The monoisotopic (exact) mass is 772 g/mol. The molecule has 2 amide bonds. The number of fused-ring (bicyclic) bond motifs is 4. The maximum atomic E-state index is 13.4. The average Bonchev–Trinajstić information content (AvgIpc) is 3.85. The number of thiophene rings is 1. The van der Waals surface area contributed by atoms with Crippen molar-refractivity contribution in [2.45, 2.75) is 52.6 Å². The van der Waals surface area contributed by atoms with Crippen molar-refractivity contribution in [3.63, 3.8) is 0 Å². The highest BCUT2D eigenvalue weighted by Gasteiger charge is 2.32. The largest absolute Gasteiger partial charge is 0.493 e. The fraction of sp³-hybridized carbons (Fsp3) is 0.308. The number of carbonyl (C=O) groups is 2. The zero-order valence-electron chi connectivity index (χ0n) is 29.5. The first-order valence-corrected chi connectivity index (χ1v) is 19.0. The SMILES string of the molecule is Cc1sc2c(c1C)C(c1ccc(Cl)cc1)=N[C@@H](CC(=O)NCCCCOc1ccccc1CN(C(=O)CCl)c1ccc3c(c1)OCO3)c1nnc(C)n1-2. The van der Waals surface area contributed by atoms with Crippen LogP contribution in [0.3, 0.4) is 0 Å². The number of anilines is 1. The zero-order chi connectivity index (χ0) is 37.1. The molecule has 53 heavy (non-hydrogen) atoms. The molecule has 0 bridgehead atoms. The maximum Gasteiger partial charge on any atom is 0.242 e. The number of aliphatic imine (C=N–C) groups is 1. The van der Waals surface area contributed by atoms with E-state index in [9.17, 15) is 9.59 Å². The molecule has 14 heteroatoms. The van der Waals surface area contributed by atoms with E-state index in [1.165, 1.54) is 4.88 Å². The second kappa shape index (κ2) is 16.0. The summed E-state index contributed by atoms with van der Waals surface area (Å²) in [6.45, 7) is 7.44. The number of para-hydroxylation sites is 1. The molecule has 0 saturated carbocycles. The molecule has 4 heterocycles. The molecule has 0 saturated heterocycles. The second-order valence-electron chi connectivity index (χ2n) is 12.8. The molecule has 274 valence electrons. The summed E-state index contributed by atoms with van der Waals surface area (Å²) < 4.78 is 19.2. The number of ether oxygens (including phenoxy) is 3. The standard InChI is InChI=1S/C39H38Cl2N6O5S/c1-23-24(2)53-39-36(23)37(26-10-12-28(41)13-11-26)43-30(38-45-44-25(3)47(38)39)19-34(48)42-16-6-7-17-50-31-9-5-4-8-27(31)21-46(35(49)20-40)29-14-15-32-33(18-29)52-22-51-32/h4-5,8-15,18,30H,6-7,16-17,19-22H2,1-3H3,(H,42,48)/t30-/m0/s1. The number of benzene rings is 3. The minimum Gasteiger partial charge on any atom is -0.493 e. The number of halogens is 2. The topological polar surface area (TPSA) is 120 Å². The molecule has 0 spiro atoms. The number of aryl methyl sites for hydroxylation is 2. The Morgan fingerprint density at radius 1 is 1.02 bits per heavy atom. The van der Waals surface area contributed by atoms with Crippen LogP contribution >= 0.6 is 34.5 Å². The van der Waals surface area contributed by atoms with Gasteiger partial charge in [-0.3, -0.25) is 19.1 Å². The molecule has 1 N–H and O–H groups in total. The molecule has 0 fully saturated rings. The second-order valence-corrected chi connectivity index (χ2v) is 14.7. The predicted octanol–water partition coefficient (Wildman–Crippen LogP) is 7.67. The van der Waals surface area contributed by atoms with Crippen molar-refractivity contribution in [3.05, 3.63) is 111 Å². The number of hydrogen-bond acceptors (Lipinski definition) is 9. The number of aromatic nitrogens is 3. The zero-order valence-corrected chi connectivity index (χ0v) is 31.9. The summed E-state index contributed by atoms with van der Waals surface area (Å²) in [4.78, 5) is 34.3. The smallest absolute Gasteiger partial charge is 0.242 e. The Bertz CT molecular complexity index is 2180. The van der Waals surface area contributed by atoms with Gasteiger partial charge in [-0.1, -0.05) is 41.9 Å². The highest BCUT2D eigenvalue weighted by Crippen LogP contribution is 2.40. The third kappa shape index (κ3) is 7.76. The molecular weight excluding hydrogens is 735 g/mol. The van der Waals surface area contributed by atoms with Crippen LogP contribution in [0.4, 0.5) is 5.69 Å². The van der Waals surface area contributed by atoms with Crippen LogP contribution in [0, 0.1) is 20.8 Å². The number of rotatable bonds is 13. The van der Waals surface area contributed by atoms with Crippen molar-refractivity contribution in [2.75, 3.05) is 30.7 Å². The molecule has 7 rings (SSSR count). The summed E-state index contributed by atoms with van der Waals surface area (Å²) in [5.41, 5.74) is 5.38. The molecule has 0 radical (unpaired) electrons. The van der Waals surface area contributed by atoms with Gasteiger partial charge in [0, 0.05) is 44.9 Å². The van der Waals surface area contributed by atoms with E-state index >= 15 is 0 Å². The molecule has 3 aromatic carbocycles. The van der Waals surface area contributed by atoms with Gasteiger partial charge in [0.25, 0.3) is 0 Å². The minimum atomic E-state index is -0.538. The summed E-state index contributed by atoms with van der Waals surface area (Å²) in [6, 6.07) is 20.1. The fourth-order valence-corrected chi connectivity index (χ4v) is 7.90. The van der Waals surface area contributed by atoms with Gasteiger partial charge in [0.05, 0.1) is 25.3 Å². The van der Waals surface area contributed by atoms with Crippen molar-refractivity contribution in [1.29, 1.82) is 0 Å². The molecule has 5 aromatic rings. The van der Waals surface area contributed by atoms with E-state index in [1.54, 1.807) is 28.4 Å². The van der Waals surface area contributed by atoms with E-state index in [4.69, 9.17) is 42.4 Å². The number of carbonyl (C=O) groups excluding carboxylic acids is 2. The Morgan fingerprint density at radius 2 is 1.81 bits per heavy atom. The molecular formula is C39H38Cl2N6O5S. The van der Waals surface area contributed by atoms with Crippen molar-refractivity contribution in [3.8, 4) is 22.2 Å². The summed E-state index contributed by atoms with van der Waals surface area (Å²) >= 11 is 13.9. The van der Waals surface area contributed by atoms with Gasteiger partial charge >= 0.3 is 0 Å². The lowest BCUT2D eigenvalue weighted by molar-refractivity contribution is -0.121. The number of nitrogens with one attached hydrogen (secondary N) is 1. The molecule has 11 nitrogen and oxygen atoms in total.